The lowest BCUT2D eigenvalue weighted by molar-refractivity contribution is 0.458. The molecular weight excluding hydrogens is 100 g/mol. The van der Waals surface area contributed by atoms with Crippen molar-refractivity contribution in [3.05, 3.63) is 0 Å². The molecule has 2 N–H and O–H groups in total. The van der Waals surface area contributed by atoms with Gasteiger partial charge in [0.15, 0.2) is 0 Å². The Bertz CT molecular complexity index is 41.8. The summed E-state index contributed by atoms with van der Waals surface area (Å²) in [4.78, 5) is 0. The van der Waals surface area contributed by atoms with Gasteiger partial charge in [0, 0.05) is 0 Å². The molecule has 0 aliphatic rings. The summed E-state index contributed by atoms with van der Waals surface area (Å²) >= 11 is 0. The second-order valence-corrected chi connectivity index (χ2v) is 1.92. The number of hydrogen-bond donors (Lipinski definition) is 2. The second-order valence-electron chi connectivity index (χ2n) is 1.92. The first kappa shape index (κ1) is 7.92. The van der Waals surface area contributed by atoms with E-state index in [9.17, 15) is 0 Å². The minimum Gasteiger partial charge on any atom is -0.305 e. The Hall–Kier alpha value is -0.0800. The van der Waals surface area contributed by atoms with Crippen molar-refractivity contribution in [3.8, 4) is 0 Å². The average Bonchev–Trinajstić information content (AvgIpc) is 1.83. The topological polar surface area (TPSA) is 24.1 Å². The Balaban J connectivity index is 3.07. The van der Waals surface area contributed by atoms with Crippen molar-refractivity contribution < 1.29 is 0 Å². The predicted octanol–water partition coefficient (Wildman–Crippen LogP) is 0.551. The smallest absolute Gasteiger partial charge is 0.0566 e. The van der Waals surface area contributed by atoms with E-state index in [4.69, 9.17) is 0 Å². The highest BCUT2D eigenvalue weighted by atomic mass is 15.1. The van der Waals surface area contributed by atoms with Crippen LogP contribution in [0.25, 0.3) is 0 Å². The summed E-state index contributed by atoms with van der Waals surface area (Å²) in [6, 6.07) is 0. The standard InChI is InChI=1S/C6H16N2/c1-4-5-6(7-2)8-3/h6-8H,4-5H2,1-3H3. The van der Waals surface area contributed by atoms with Crippen LogP contribution in [-0.4, -0.2) is 20.3 Å². The van der Waals surface area contributed by atoms with Crippen LogP contribution >= 0.6 is 0 Å². The zero-order valence-electron chi connectivity index (χ0n) is 5.99. The van der Waals surface area contributed by atoms with E-state index >= 15 is 0 Å². The summed E-state index contributed by atoms with van der Waals surface area (Å²) in [5.74, 6) is 0. The zero-order valence-corrected chi connectivity index (χ0v) is 5.99. The van der Waals surface area contributed by atoms with Gasteiger partial charge in [0.1, 0.15) is 0 Å². The maximum absolute atomic E-state index is 3.14. The van der Waals surface area contributed by atoms with Crippen molar-refractivity contribution in [2.24, 2.45) is 0 Å². The molecule has 0 atom stereocenters. The van der Waals surface area contributed by atoms with Crippen molar-refractivity contribution in [2.45, 2.75) is 25.9 Å². The maximum Gasteiger partial charge on any atom is 0.0566 e. The second kappa shape index (κ2) is 5.06. The van der Waals surface area contributed by atoms with Crippen LogP contribution in [0.1, 0.15) is 19.8 Å². The molecule has 0 saturated carbocycles. The van der Waals surface area contributed by atoms with Gasteiger partial charge in [0.2, 0.25) is 0 Å². The molecule has 0 aliphatic heterocycles. The molecule has 2 heteroatoms. The third-order valence-corrected chi connectivity index (χ3v) is 1.27. The molecule has 0 aliphatic carbocycles. The highest BCUT2D eigenvalue weighted by Crippen LogP contribution is 1.89. The third-order valence-electron chi connectivity index (χ3n) is 1.27. The van der Waals surface area contributed by atoms with Gasteiger partial charge in [-0.1, -0.05) is 13.3 Å². The van der Waals surface area contributed by atoms with E-state index in [2.05, 4.69) is 17.6 Å². The monoisotopic (exact) mass is 116 g/mol. The molecule has 0 aromatic rings. The lowest BCUT2D eigenvalue weighted by Crippen LogP contribution is -2.37. The van der Waals surface area contributed by atoms with E-state index in [0.717, 1.165) is 0 Å². The van der Waals surface area contributed by atoms with Gasteiger partial charge in [0.05, 0.1) is 6.17 Å². The van der Waals surface area contributed by atoms with Crippen LogP contribution in [0.5, 0.6) is 0 Å². The summed E-state index contributed by atoms with van der Waals surface area (Å²) in [7, 11) is 3.94. The highest BCUT2D eigenvalue weighted by molar-refractivity contribution is 4.55. The largest absolute Gasteiger partial charge is 0.305 e. The maximum atomic E-state index is 3.14. The van der Waals surface area contributed by atoms with E-state index in [-0.39, 0.29) is 0 Å². The molecule has 0 fully saturated rings. The Morgan fingerprint density at radius 2 is 1.75 bits per heavy atom. The normalized spacial score (nSPS) is 10.5. The van der Waals surface area contributed by atoms with Crippen LogP contribution in [-0.2, 0) is 0 Å². The van der Waals surface area contributed by atoms with Crippen LogP contribution in [0.2, 0.25) is 0 Å². The van der Waals surface area contributed by atoms with Gasteiger partial charge in [-0.3, -0.25) is 0 Å². The van der Waals surface area contributed by atoms with Gasteiger partial charge >= 0.3 is 0 Å². The molecule has 0 saturated heterocycles. The van der Waals surface area contributed by atoms with Crippen LogP contribution < -0.4 is 10.6 Å². The summed E-state index contributed by atoms with van der Waals surface area (Å²) < 4.78 is 0. The van der Waals surface area contributed by atoms with Gasteiger partial charge in [-0.15, -0.1) is 0 Å². The molecule has 0 amide bonds. The molecule has 0 bridgehead atoms. The van der Waals surface area contributed by atoms with Gasteiger partial charge in [0.25, 0.3) is 0 Å². The van der Waals surface area contributed by atoms with Crippen LogP contribution in [0.15, 0.2) is 0 Å². The number of hydrogen-bond acceptors (Lipinski definition) is 2. The quantitative estimate of drug-likeness (QED) is 0.524. The van der Waals surface area contributed by atoms with E-state index in [0.29, 0.717) is 6.17 Å². The van der Waals surface area contributed by atoms with Gasteiger partial charge in [-0.05, 0) is 20.5 Å². The van der Waals surface area contributed by atoms with Gasteiger partial charge < -0.3 is 10.6 Å². The number of rotatable bonds is 4. The molecule has 0 radical (unpaired) electrons. The summed E-state index contributed by atoms with van der Waals surface area (Å²) in [6.45, 7) is 2.18. The van der Waals surface area contributed by atoms with Crippen LogP contribution in [0.3, 0.4) is 0 Å². The number of nitrogens with one attached hydrogen (secondary N) is 2. The molecule has 0 unspecified atom stereocenters. The minimum atomic E-state index is 0.500. The molecule has 0 aromatic heterocycles. The Morgan fingerprint density at radius 3 is 1.88 bits per heavy atom. The van der Waals surface area contributed by atoms with Crippen molar-refractivity contribution in [2.75, 3.05) is 14.1 Å². The van der Waals surface area contributed by atoms with Crippen molar-refractivity contribution >= 4 is 0 Å². The van der Waals surface area contributed by atoms with Gasteiger partial charge in [-0.25, -0.2) is 0 Å². The predicted molar refractivity (Wildman–Crippen MR) is 36.8 cm³/mol. The fraction of sp³-hybridized carbons (Fsp3) is 1.00. The summed E-state index contributed by atoms with van der Waals surface area (Å²) in [5.41, 5.74) is 0. The first-order valence-corrected chi connectivity index (χ1v) is 3.19. The first-order valence-electron chi connectivity index (χ1n) is 3.19. The molecule has 8 heavy (non-hydrogen) atoms. The average molecular weight is 116 g/mol. The Kier molecular flexibility index (Phi) is 5.01. The van der Waals surface area contributed by atoms with Crippen LogP contribution in [0.4, 0.5) is 0 Å². The third kappa shape index (κ3) is 2.99. The SMILES string of the molecule is CCCC(NC)NC. The zero-order chi connectivity index (χ0) is 6.41. The fourth-order valence-corrected chi connectivity index (χ4v) is 0.722. The molecule has 0 heterocycles. The first-order chi connectivity index (χ1) is 3.85. The van der Waals surface area contributed by atoms with Gasteiger partial charge in [-0.2, -0.15) is 0 Å². The Morgan fingerprint density at radius 1 is 1.25 bits per heavy atom. The van der Waals surface area contributed by atoms with Crippen LogP contribution in [0, 0.1) is 0 Å². The van der Waals surface area contributed by atoms with Crippen molar-refractivity contribution in [1.29, 1.82) is 0 Å². The van der Waals surface area contributed by atoms with E-state index in [1.54, 1.807) is 0 Å². The molecular formula is C6H16N2. The lowest BCUT2D eigenvalue weighted by atomic mass is 10.3. The van der Waals surface area contributed by atoms with E-state index in [1.165, 1.54) is 12.8 Å². The van der Waals surface area contributed by atoms with E-state index in [1.807, 2.05) is 14.1 Å². The summed E-state index contributed by atoms with van der Waals surface area (Å²) in [6.07, 6.45) is 2.93. The Labute approximate surface area is 51.7 Å². The summed E-state index contributed by atoms with van der Waals surface area (Å²) in [5, 5.41) is 6.28. The molecule has 50 valence electrons. The highest BCUT2D eigenvalue weighted by Gasteiger charge is 1.96. The van der Waals surface area contributed by atoms with Crippen molar-refractivity contribution in [3.63, 3.8) is 0 Å². The lowest BCUT2D eigenvalue weighted by Gasteiger charge is -2.12. The fourth-order valence-electron chi connectivity index (χ4n) is 0.722. The van der Waals surface area contributed by atoms with Crippen molar-refractivity contribution in [1.82, 2.24) is 10.6 Å². The molecule has 0 rings (SSSR count). The minimum absolute atomic E-state index is 0.500. The molecule has 0 aromatic carbocycles. The molecule has 2 nitrogen and oxygen atoms in total. The molecule has 0 spiro atoms. The van der Waals surface area contributed by atoms with E-state index < -0.39 is 0 Å².